The molecule has 3 N–H and O–H groups in total. The Morgan fingerprint density at radius 1 is 1.44 bits per heavy atom. The van der Waals surface area contributed by atoms with E-state index in [0.29, 0.717) is 13.1 Å². The Balaban J connectivity index is 0.00000289. The molecule has 1 saturated heterocycles. The molecule has 0 aromatic heterocycles. The summed E-state index contributed by atoms with van der Waals surface area (Å²) < 4.78 is 25.2. The molecule has 1 aliphatic heterocycles. The van der Waals surface area contributed by atoms with Crippen molar-refractivity contribution in [1.29, 1.82) is 0 Å². The Labute approximate surface area is 119 Å². The Morgan fingerprint density at radius 3 is 2.50 bits per heavy atom. The predicted molar refractivity (Wildman–Crippen MR) is 76.6 cm³/mol. The molecule has 1 heterocycles. The van der Waals surface area contributed by atoms with E-state index in [9.17, 15) is 13.2 Å². The Kier molecular flexibility index (Phi) is 8.20. The summed E-state index contributed by atoms with van der Waals surface area (Å²) in [4.78, 5) is 11.2. The van der Waals surface area contributed by atoms with E-state index in [4.69, 9.17) is 5.73 Å². The summed E-state index contributed by atoms with van der Waals surface area (Å²) in [5, 5.41) is 2.50. The predicted octanol–water partition coefficient (Wildman–Crippen LogP) is -0.750. The van der Waals surface area contributed by atoms with Gasteiger partial charge in [0.15, 0.2) is 0 Å². The van der Waals surface area contributed by atoms with Gasteiger partial charge in [0, 0.05) is 31.1 Å². The van der Waals surface area contributed by atoms with Crippen molar-refractivity contribution in [2.75, 3.05) is 36.9 Å². The minimum absolute atomic E-state index is 0. The van der Waals surface area contributed by atoms with Gasteiger partial charge < -0.3 is 11.1 Å². The van der Waals surface area contributed by atoms with E-state index >= 15 is 0 Å². The number of nitrogens with zero attached hydrogens (tertiary/aromatic N) is 1. The zero-order valence-corrected chi connectivity index (χ0v) is 12.7. The first-order valence-electron chi connectivity index (χ1n) is 5.52. The van der Waals surface area contributed by atoms with Crippen molar-refractivity contribution >= 4 is 40.1 Å². The number of hydrogen-bond acceptors (Lipinski definition) is 5. The fourth-order valence-corrected chi connectivity index (χ4v) is 3.91. The lowest BCUT2D eigenvalue weighted by Gasteiger charge is -2.25. The molecule has 0 aliphatic carbocycles. The number of nitrogens with one attached hydrogen (secondary N) is 1. The van der Waals surface area contributed by atoms with Gasteiger partial charge in [-0.25, -0.2) is 12.7 Å². The molecule has 1 aliphatic rings. The van der Waals surface area contributed by atoms with Gasteiger partial charge in [-0.3, -0.25) is 4.79 Å². The van der Waals surface area contributed by atoms with Crippen LogP contribution >= 0.6 is 24.2 Å². The maximum atomic E-state index is 11.9. The van der Waals surface area contributed by atoms with Gasteiger partial charge in [-0.05, 0) is 6.92 Å². The average Bonchev–Trinajstić information content (AvgIpc) is 2.29. The summed E-state index contributed by atoms with van der Waals surface area (Å²) in [6.07, 6.45) is 0. The van der Waals surface area contributed by atoms with Gasteiger partial charge in [0.05, 0.1) is 11.8 Å². The number of carbonyl (C=O) groups excluding carboxylic acids is 1. The molecule has 0 unspecified atom stereocenters. The zero-order chi connectivity index (χ0) is 12.9. The van der Waals surface area contributed by atoms with Crippen molar-refractivity contribution in [2.24, 2.45) is 5.73 Å². The summed E-state index contributed by atoms with van der Waals surface area (Å²) in [5.41, 5.74) is 5.35. The number of sulfonamides is 1. The molecule has 18 heavy (non-hydrogen) atoms. The smallest absolute Gasteiger partial charge is 0.236 e. The summed E-state index contributed by atoms with van der Waals surface area (Å²) in [6.45, 7) is 2.81. The van der Waals surface area contributed by atoms with Crippen LogP contribution in [0.3, 0.4) is 0 Å². The minimum Gasteiger partial charge on any atom is -0.354 e. The number of rotatable bonds is 5. The van der Waals surface area contributed by atoms with E-state index in [2.05, 4.69) is 5.32 Å². The minimum atomic E-state index is -3.24. The molecule has 9 heteroatoms. The Morgan fingerprint density at radius 2 is 2.00 bits per heavy atom. The van der Waals surface area contributed by atoms with Crippen molar-refractivity contribution in [3.8, 4) is 0 Å². The number of halogens is 1. The molecule has 1 amide bonds. The summed E-state index contributed by atoms with van der Waals surface area (Å²) in [7, 11) is -3.24. The van der Waals surface area contributed by atoms with Crippen molar-refractivity contribution < 1.29 is 13.2 Å². The number of amides is 1. The Hall–Kier alpha value is -0.0200. The third kappa shape index (κ3) is 5.75. The van der Waals surface area contributed by atoms with Crippen LogP contribution in [0, 0.1) is 0 Å². The molecular formula is C9H20ClN3O3S2. The third-order valence-electron chi connectivity index (χ3n) is 2.44. The van der Waals surface area contributed by atoms with Gasteiger partial charge in [0.1, 0.15) is 0 Å². The molecule has 0 bridgehead atoms. The first kappa shape index (κ1) is 18.0. The van der Waals surface area contributed by atoms with Gasteiger partial charge in [0.2, 0.25) is 15.9 Å². The summed E-state index contributed by atoms with van der Waals surface area (Å²) in [6, 6.07) is -0.607. The van der Waals surface area contributed by atoms with E-state index < -0.39 is 16.1 Å². The van der Waals surface area contributed by atoms with Crippen LogP contribution in [0.4, 0.5) is 0 Å². The fourth-order valence-electron chi connectivity index (χ4n) is 1.42. The second-order valence-electron chi connectivity index (χ2n) is 3.91. The van der Waals surface area contributed by atoms with Crippen molar-refractivity contribution in [2.45, 2.75) is 13.0 Å². The molecule has 1 atom stereocenters. The van der Waals surface area contributed by atoms with Gasteiger partial charge in [0.25, 0.3) is 0 Å². The van der Waals surface area contributed by atoms with Crippen molar-refractivity contribution in [3.63, 3.8) is 0 Å². The number of carbonyl (C=O) groups is 1. The number of thioether (sulfide) groups is 1. The molecule has 6 nitrogen and oxygen atoms in total. The molecule has 1 rings (SSSR count). The second-order valence-corrected chi connectivity index (χ2v) is 7.22. The lowest BCUT2D eigenvalue weighted by Crippen LogP contribution is -2.44. The summed E-state index contributed by atoms with van der Waals surface area (Å²) >= 11 is 1.76. The lowest BCUT2D eigenvalue weighted by molar-refractivity contribution is -0.121. The van der Waals surface area contributed by atoms with E-state index in [-0.39, 0.29) is 30.6 Å². The zero-order valence-electron chi connectivity index (χ0n) is 10.3. The van der Waals surface area contributed by atoms with Crippen LogP contribution in [0.5, 0.6) is 0 Å². The van der Waals surface area contributed by atoms with Crippen LogP contribution in [0.1, 0.15) is 6.92 Å². The van der Waals surface area contributed by atoms with Gasteiger partial charge in [-0.2, -0.15) is 11.8 Å². The topological polar surface area (TPSA) is 92.5 Å². The second kappa shape index (κ2) is 8.21. The number of hydrogen-bond donors (Lipinski definition) is 2. The van der Waals surface area contributed by atoms with Gasteiger partial charge >= 0.3 is 0 Å². The molecule has 0 aromatic rings. The highest BCUT2D eigenvalue weighted by molar-refractivity contribution is 7.99. The summed E-state index contributed by atoms with van der Waals surface area (Å²) in [5.74, 6) is 1.29. The van der Waals surface area contributed by atoms with E-state index in [1.165, 1.54) is 4.31 Å². The van der Waals surface area contributed by atoms with E-state index in [1.54, 1.807) is 18.7 Å². The SMILES string of the molecule is C[C@H](N)C(=O)NCCS(=O)(=O)N1CCSCC1.Cl. The Bertz CT molecular complexity index is 356. The molecule has 0 aromatic carbocycles. The van der Waals surface area contributed by atoms with Crippen LogP contribution in [-0.4, -0.2) is 61.6 Å². The van der Waals surface area contributed by atoms with Crippen LogP contribution in [-0.2, 0) is 14.8 Å². The number of nitrogens with two attached hydrogens (primary N) is 1. The van der Waals surface area contributed by atoms with Crippen molar-refractivity contribution in [1.82, 2.24) is 9.62 Å². The highest BCUT2D eigenvalue weighted by Crippen LogP contribution is 2.12. The van der Waals surface area contributed by atoms with Crippen molar-refractivity contribution in [3.05, 3.63) is 0 Å². The monoisotopic (exact) mass is 317 g/mol. The van der Waals surface area contributed by atoms with Gasteiger partial charge in [-0.15, -0.1) is 12.4 Å². The van der Waals surface area contributed by atoms with Crippen LogP contribution in [0.15, 0.2) is 0 Å². The lowest BCUT2D eigenvalue weighted by atomic mass is 10.3. The largest absolute Gasteiger partial charge is 0.354 e. The maximum absolute atomic E-state index is 11.9. The third-order valence-corrected chi connectivity index (χ3v) is 5.25. The molecule has 1 fully saturated rings. The van der Waals surface area contributed by atoms with Crippen LogP contribution in [0.25, 0.3) is 0 Å². The first-order chi connectivity index (χ1) is 7.93. The van der Waals surface area contributed by atoms with Crippen LogP contribution in [0.2, 0.25) is 0 Å². The molecule has 0 spiro atoms. The van der Waals surface area contributed by atoms with E-state index in [1.807, 2.05) is 0 Å². The normalized spacial score (nSPS) is 18.8. The molecule has 108 valence electrons. The fraction of sp³-hybridized carbons (Fsp3) is 0.889. The molecule has 0 radical (unpaired) electrons. The van der Waals surface area contributed by atoms with E-state index in [0.717, 1.165) is 11.5 Å². The highest BCUT2D eigenvalue weighted by atomic mass is 35.5. The standard InChI is InChI=1S/C9H19N3O3S2.ClH/c1-8(10)9(13)11-2-7-17(14,15)12-3-5-16-6-4-12;/h8H,2-7,10H2,1H3,(H,11,13);1H/t8-;/m0./s1. The van der Waals surface area contributed by atoms with Crippen LogP contribution < -0.4 is 11.1 Å². The quantitative estimate of drug-likeness (QED) is 0.696. The average molecular weight is 318 g/mol. The van der Waals surface area contributed by atoms with Gasteiger partial charge in [-0.1, -0.05) is 0 Å². The molecular weight excluding hydrogens is 298 g/mol. The first-order valence-corrected chi connectivity index (χ1v) is 8.29. The highest BCUT2D eigenvalue weighted by Gasteiger charge is 2.23. The maximum Gasteiger partial charge on any atom is 0.236 e. The molecule has 0 saturated carbocycles.